The fourth-order valence-electron chi connectivity index (χ4n) is 2.50. The molecule has 0 aliphatic carbocycles. The van der Waals surface area contributed by atoms with E-state index in [1.54, 1.807) is 0 Å². The molecule has 0 bridgehead atoms. The highest BCUT2D eigenvalue weighted by Crippen LogP contribution is 2.29. The first-order valence-corrected chi connectivity index (χ1v) is 7.75. The van der Waals surface area contributed by atoms with Crippen molar-refractivity contribution in [2.45, 2.75) is 52.9 Å². The Labute approximate surface area is 122 Å². The fourth-order valence-corrected chi connectivity index (χ4v) is 2.50. The summed E-state index contributed by atoms with van der Waals surface area (Å²) in [6.45, 7) is 12.0. The Morgan fingerprint density at radius 3 is 2.45 bits per heavy atom. The Morgan fingerprint density at radius 2 is 1.85 bits per heavy atom. The molecule has 2 heteroatoms. The zero-order valence-electron chi connectivity index (χ0n) is 13.3. The van der Waals surface area contributed by atoms with Crippen LogP contribution in [0, 0.1) is 0 Å². The van der Waals surface area contributed by atoms with E-state index in [1.165, 1.54) is 22.9 Å². The predicted octanol–water partition coefficient (Wildman–Crippen LogP) is 5.30. The maximum atomic E-state index is 4.80. The second kappa shape index (κ2) is 6.25. The first-order chi connectivity index (χ1) is 9.56. The van der Waals surface area contributed by atoms with Gasteiger partial charge in [0.2, 0.25) is 0 Å². The molecule has 0 aliphatic heterocycles. The fraction of sp³-hybridized carbons (Fsp3) is 0.500. The van der Waals surface area contributed by atoms with E-state index in [0.29, 0.717) is 11.8 Å². The average Bonchev–Trinajstić information content (AvgIpc) is 2.45. The Balaban J connectivity index is 2.56. The number of hydrogen-bond acceptors (Lipinski definition) is 2. The molecular weight excluding hydrogens is 244 g/mol. The van der Waals surface area contributed by atoms with Crippen LogP contribution in [0.4, 0.5) is 5.82 Å². The van der Waals surface area contributed by atoms with Gasteiger partial charge in [-0.15, -0.1) is 0 Å². The van der Waals surface area contributed by atoms with Crippen molar-refractivity contribution in [1.29, 1.82) is 0 Å². The number of fused-ring (bicyclic) bond motifs is 1. The molecule has 0 spiro atoms. The number of anilines is 1. The van der Waals surface area contributed by atoms with Crippen LogP contribution in [0.3, 0.4) is 0 Å². The first kappa shape index (κ1) is 14.8. The molecule has 2 rings (SSSR count). The highest BCUT2D eigenvalue weighted by molar-refractivity contribution is 5.82. The summed E-state index contributed by atoms with van der Waals surface area (Å²) in [6, 6.07) is 8.98. The van der Waals surface area contributed by atoms with E-state index in [-0.39, 0.29) is 0 Å². The van der Waals surface area contributed by atoms with E-state index in [0.717, 1.165) is 17.9 Å². The van der Waals surface area contributed by atoms with E-state index in [9.17, 15) is 0 Å². The van der Waals surface area contributed by atoms with E-state index in [2.05, 4.69) is 64.2 Å². The molecule has 0 aliphatic rings. The van der Waals surface area contributed by atoms with Gasteiger partial charge in [-0.3, -0.25) is 0 Å². The molecule has 108 valence electrons. The third-order valence-corrected chi connectivity index (χ3v) is 4.02. The minimum Gasteiger partial charge on any atom is -0.370 e. The topological polar surface area (TPSA) is 24.9 Å². The molecule has 1 aromatic carbocycles. The smallest absolute Gasteiger partial charge is 0.130 e. The lowest BCUT2D eigenvalue weighted by Crippen LogP contribution is -2.05. The van der Waals surface area contributed by atoms with Gasteiger partial charge in [-0.05, 0) is 54.5 Å². The van der Waals surface area contributed by atoms with Crippen molar-refractivity contribution >= 4 is 16.7 Å². The van der Waals surface area contributed by atoms with Crippen molar-refractivity contribution < 1.29 is 0 Å². The molecule has 2 nitrogen and oxygen atoms in total. The molecule has 1 N–H and O–H groups in total. The molecule has 0 radical (unpaired) electrons. The van der Waals surface area contributed by atoms with E-state index >= 15 is 0 Å². The summed E-state index contributed by atoms with van der Waals surface area (Å²) >= 11 is 0. The lowest BCUT2D eigenvalue weighted by Gasteiger charge is -2.15. The third kappa shape index (κ3) is 2.95. The van der Waals surface area contributed by atoms with Gasteiger partial charge in [0.15, 0.2) is 0 Å². The van der Waals surface area contributed by atoms with Crippen molar-refractivity contribution in [3.8, 4) is 0 Å². The van der Waals surface area contributed by atoms with E-state index in [1.807, 2.05) is 0 Å². The van der Waals surface area contributed by atoms with Gasteiger partial charge in [-0.2, -0.15) is 0 Å². The summed E-state index contributed by atoms with van der Waals surface area (Å²) in [5, 5.41) is 4.64. The lowest BCUT2D eigenvalue weighted by atomic mass is 9.95. The largest absolute Gasteiger partial charge is 0.370 e. The quantitative estimate of drug-likeness (QED) is 0.797. The van der Waals surface area contributed by atoms with Crippen LogP contribution in [0.25, 0.3) is 10.9 Å². The van der Waals surface area contributed by atoms with Crippen LogP contribution in [0.5, 0.6) is 0 Å². The van der Waals surface area contributed by atoms with Gasteiger partial charge in [0.1, 0.15) is 5.82 Å². The van der Waals surface area contributed by atoms with Crippen molar-refractivity contribution in [2.75, 3.05) is 11.9 Å². The monoisotopic (exact) mass is 270 g/mol. The van der Waals surface area contributed by atoms with E-state index < -0.39 is 0 Å². The summed E-state index contributed by atoms with van der Waals surface area (Å²) in [5.74, 6) is 2.12. The molecule has 1 aromatic heterocycles. The van der Waals surface area contributed by atoms with Crippen molar-refractivity contribution in [3.05, 3.63) is 35.4 Å². The maximum Gasteiger partial charge on any atom is 0.130 e. The summed E-state index contributed by atoms with van der Waals surface area (Å²) in [5.41, 5.74) is 3.80. The Kier molecular flexibility index (Phi) is 4.64. The first-order valence-electron chi connectivity index (χ1n) is 7.75. The highest BCUT2D eigenvalue weighted by atomic mass is 15.0. The van der Waals surface area contributed by atoms with Crippen molar-refractivity contribution in [2.24, 2.45) is 0 Å². The van der Waals surface area contributed by atoms with Crippen LogP contribution in [0.1, 0.15) is 64.0 Å². The molecule has 0 saturated heterocycles. The van der Waals surface area contributed by atoms with Gasteiger partial charge >= 0.3 is 0 Å². The summed E-state index contributed by atoms with van der Waals surface area (Å²) in [7, 11) is 0. The van der Waals surface area contributed by atoms with Gasteiger partial charge in [0.05, 0.1) is 5.52 Å². The number of pyridine rings is 1. The summed E-state index contributed by atoms with van der Waals surface area (Å²) in [4.78, 5) is 4.80. The molecular formula is C18H26N2. The number of aromatic nitrogens is 1. The second-order valence-corrected chi connectivity index (χ2v) is 5.87. The van der Waals surface area contributed by atoms with Crippen LogP contribution in [0.15, 0.2) is 24.3 Å². The van der Waals surface area contributed by atoms with Gasteiger partial charge in [-0.1, -0.05) is 33.8 Å². The van der Waals surface area contributed by atoms with Crippen LogP contribution in [-0.4, -0.2) is 11.5 Å². The van der Waals surface area contributed by atoms with Gasteiger partial charge in [0, 0.05) is 11.9 Å². The number of hydrogen-bond donors (Lipinski definition) is 1. The second-order valence-electron chi connectivity index (χ2n) is 5.87. The molecule has 1 heterocycles. The van der Waals surface area contributed by atoms with Crippen LogP contribution in [-0.2, 0) is 0 Å². The molecule has 1 atom stereocenters. The normalized spacial score (nSPS) is 12.9. The van der Waals surface area contributed by atoms with Crippen LogP contribution >= 0.6 is 0 Å². The van der Waals surface area contributed by atoms with Gasteiger partial charge < -0.3 is 5.32 Å². The Hall–Kier alpha value is -1.57. The zero-order valence-corrected chi connectivity index (χ0v) is 13.3. The standard InChI is InChI=1S/C18H26N2/c1-6-13(5)14-8-9-17-15(10-14)11-16(12(3)4)18(20-17)19-7-2/h8-13H,6-7H2,1-5H3,(H,19,20). The molecule has 20 heavy (non-hydrogen) atoms. The zero-order chi connectivity index (χ0) is 14.7. The molecule has 0 saturated carbocycles. The molecule has 1 unspecified atom stereocenters. The number of rotatable bonds is 5. The Morgan fingerprint density at radius 1 is 1.10 bits per heavy atom. The molecule has 0 fully saturated rings. The van der Waals surface area contributed by atoms with E-state index in [4.69, 9.17) is 4.98 Å². The number of nitrogens with one attached hydrogen (secondary N) is 1. The van der Waals surface area contributed by atoms with Crippen LogP contribution < -0.4 is 5.32 Å². The third-order valence-electron chi connectivity index (χ3n) is 4.02. The van der Waals surface area contributed by atoms with Crippen molar-refractivity contribution in [1.82, 2.24) is 4.98 Å². The highest BCUT2D eigenvalue weighted by Gasteiger charge is 2.11. The Bertz CT molecular complexity index is 587. The minimum atomic E-state index is 0.480. The summed E-state index contributed by atoms with van der Waals surface area (Å²) in [6.07, 6.45) is 1.17. The minimum absolute atomic E-state index is 0.480. The average molecular weight is 270 g/mol. The number of benzene rings is 1. The van der Waals surface area contributed by atoms with Gasteiger partial charge in [0.25, 0.3) is 0 Å². The van der Waals surface area contributed by atoms with Gasteiger partial charge in [-0.25, -0.2) is 4.98 Å². The predicted molar refractivity (Wildman–Crippen MR) is 88.7 cm³/mol. The molecule has 2 aromatic rings. The van der Waals surface area contributed by atoms with Crippen molar-refractivity contribution in [3.63, 3.8) is 0 Å². The number of nitrogens with zero attached hydrogens (tertiary/aromatic N) is 1. The maximum absolute atomic E-state index is 4.80. The summed E-state index contributed by atoms with van der Waals surface area (Å²) < 4.78 is 0. The van der Waals surface area contributed by atoms with Crippen LogP contribution in [0.2, 0.25) is 0 Å². The lowest BCUT2D eigenvalue weighted by molar-refractivity contribution is 0.734. The molecule has 0 amide bonds. The SMILES string of the molecule is CCNc1nc2ccc(C(C)CC)cc2cc1C(C)C.